The molecule has 2 aliphatic rings. The lowest BCUT2D eigenvalue weighted by molar-refractivity contribution is -0.0131. The van der Waals surface area contributed by atoms with Gasteiger partial charge in [-0.05, 0) is 45.4 Å². The van der Waals surface area contributed by atoms with E-state index in [0.29, 0.717) is 0 Å². The average Bonchev–Trinajstić information content (AvgIpc) is 3.05. The zero-order valence-electron chi connectivity index (χ0n) is 15.4. The molecule has 0 unspecified atom stereocenters. The largest absolute Gasteiger partial charge is 0.388 e. The Kier molecular flexibility index (Phi) is 5.61. The summed E-state index contributed by atoms with van der Waals surface area (Å²) in [7, 11) is 0. The van der Waals surface area contributed by atoms with Crippen LogP contribution < -0.4 is 10.6 Å². The second kappa shape index (κ2) is 7.72. The zero-order chi connectivity index (χ0) is 17.9. The van der Waals surface area contributed by atoms with Gasteiger partial charge in [0.1, 0.15) is 5.82 Å². The van der Waals surface area contributed by atoms with Crippen LogP contribution in [0.15, 0.2) is 0 Å². The van der Waals surface area contributed by atoms with Crippen LogP contribution in [0.1, 0.15) is 76.5 Å². The number of rotatable bonds is 5. The van der Waals surface area contributed by atoms with Gasteiger partial charge in [0.15, 0.2) is 5.82 Å². The SMILES string of the molecule is C[C@@H](NC(=O)NC[C@](C)(O)C1CCCCC1)c1nnc2n1CCCC2. The van der Waals surface area contributed by atoms with Crippen molar-refractivity contribution in [2.45, 2.75) is 83.4 Å². The van der Waals surface area contributed by atoms with Gasteiger partial charge in [0, 0.05) is 19.5 Å². The van der Waals surface area contributed by atoms with Gasteiger partial charge < -0.3 is 20.3 Å². The molecule has 3 rings (SSSR count). The molecule has 140 valence electrons. The molecular weight excluding hydrogens is 318 g/mol. The van der Waals surface area contributed by atoms with E-state index < -0.39 is 5.60 Å². The quantitative estimate of drug-likeness (QED) is 0.760. The van der Waals surface area contributed by atoms with Crippen molar-refractivity contribution in [3.8, 4) is 0 Å². The number of aliphatic hydroxyl groups is 1. The van der Waals surface area contributed by atoms with Gasteiger partial charge in [-0.15, -0.1) is 10.2 Å². The second-order valence-electron chi connectivity index (χ2n) is 7.82. The number of hydrogen-bond acceptors (Lipinski definition) is 4. The predicted octanol–water partition coefficient (Wildman–Crippen LogP) is 2.31. The van der Waals surface area contributed by atoms with Crippen molar-refractivity contribution >= 4 is 6.03 Å². The number of nitrogens with zero attached hydrogens (tertiary/aromatic N) is 3. The molecule has 2 amide bonds. The Morgan fingerprint density at radius 3 is 2.80 bits per heavy atom. The zero-order valence-corrected chi connectivity index (χ0v) is 15.4. The van der Waals surface area contributed by atoms with Gasteiger partial charge in [0.2, 0.25) is 0 Å². The molecule has 25 heavy (non-hydrogen) atoms. The summed E-state index contributed by atoms with van der Waals surface area (Å²) in [6.07, 6.45) is 8.90. The minimum absolute atomic E-state index is 0.209. The number of nitrogens with one attached hydrogen (secondary N) is 2. The van der Waals surface area contributed by atoms with Crippen LogP contribution in [0.2, 0.25) is 0 Å². The van der Waals surface area contributed by atoms with Crippen molar-refractivity contribution in [1.82, 2.24) is 25.4 Å². The minimum atomic E-state index is -0.852. The number of carbonyl (C=O) groups is 1. The minimum Gasteiger partial charge on any atom is -0.388 e. The molecule has 1 aromatic rings. The third-order valence-electron chi connectivity index (χ3n) is 5.71. The molecule has 1 aliphatic carbocycles. The highest BCUT2D eigenvalue weighted by atomic mass is 16.3. The van der Waals surface area contributed by atoms with E-state index in [4.69, 9.17) is 0 Å². The maximum absolute atomic E-state index is 12.3. The summed E-state index contributed by atoms with van der Waals surface area (Å²) < 4.78 is 2.12. The molecule has 1 fully saturated rings. The van der Waals surface area contributed by atoms with Crippen molar-refractivity contribution in [2.24, 2.45) is 5.92 Å². The Bertz CT molecular complexity index is 592. The Labute approximate surface area is 149 Å². The number of aromatic nitrogens is 3. The number of carbonyl (C=O) groups excluding carboxylic acids is 1. The van der Waals surface area contributed by atoms with Gasteiger partial charge in [0.25, 0.3) is 0 Å². The maximum atomic E-state index is 12.3. The standard InChI is InChI=1S/C18H31N5O2/c1-13(16-22-21-15-10-6-7-11-23(15)16)20-17(24)19-12-18(2,25)14-8-4-3-5-9-14/h13-14,25H,3-12H2,1-2H3,(H2,19,20,24)/t13-,18+/m1/s1. The molecular formula is C18H31N5O2. The molecule has 7 heteroatoms. The monoisotopic (exact) mass is 349 g/mol. The van der Waals surface area contributed by atoms with E-state index in [9.17, 15) is 9.90 Å². The van der Waals surface area contributed by atoms with Crippen molar-refractivity contribution < 1.29 is 9.90 Å². The molecule has 0 spiro atoms. The number of hydrogen-bond donors (Lipinski definition) is 3. The summed E-state index contributed by atoms with van der Waals surface area (Å²) in [4.78, 5) is 12.3. The predicted molar refractivity (Wildman–Crippen MR) is 95.1 cm³/mol. The Morgan fingerprint density at radius 2 is 2.04 bits per heavy atom. The van der Waals surface area contributed by atoms with Crippen LogP contribution in [0, 0.1) is 5.92 Å². The molecule has 0 radical (unpaired) electrons. The fraction of sp³-hybridized carbons (Fsp3) is 0.833. The first-order valence-electron chi connectivity index (χ1n) is 9.66. The molecule has 0 saturated heterocycles. The van der Waals surface area contributed by atoms with Gasteiger partial charge in [-0.1, -0.05) is 19.3 Å². The lowest BCUT2D eigenvalue weighted by Crippen LogP contribution is -2.49. The van der Waals surface area contributed by atoms with Crippen LogP contribution >= 0.6 is 0 Å². The van der Waals surface area contributed by atoms with Crippen LogP contribution in [0.5, 0.6) is 0 Å². The van der Waals surface area contributed by atoms with Gasteiger partial charge in [-0.25, -0.2) is 4.79 Å². The van der Waals surface area contributed by atoms with E-state index in [1.807, 2.05) is 13.8 Å². The fourth-order valence-electron chi connectivity index (χ4n) is 4.09. The third kappa shape index (κ3) is 4.32. The van der Waals surface area contributed by atoms with Gasteiger partial charge in [-0.2, -0.15) is 0 Å². The van der Waals surface area contributed by atoms with E-state index >= 15 is 0 Å². The fourth-order valence-corrected chi connectivity index (χ4v) is 4.09. The van der Waals surface area contributed by atoms with Crippen LogP contribution in [-0.2, 0) is 13.0 Å². The molecule has 2 atom stereocenters. The smallest absolute Gasteiger partial charge is 0.315 e. The molecule has 1 saturated carbocycles. The molecule has 0 bridgehead atoms. The van der Waals surface area contributed by atoms with E-state index in [2.05, 4.69) is 25.4 Å². The third-order valence-corrected chi connectivity index (χ3v) is 5.71. The Hall–Kier alpha value is -1.63. The highest BCUT2D eigenvalue weighted by molar-refractivity contribution is 5.74. The maximum Gasteiger partial charge on any atom is 0.315 e. The lowest BCUT2D eigenvalue weighted by Gasteiger charge is -2.35. The van der Waals surface area contributed by atoms with Crippen molar-refractivity contribution in [3.63, 3.8) is 0 Å². The molecule has 2 heterocycles. The Balaban J connectivity index is 1.51. The van der Waals surface area contributed by atoms with Crippen LogP contribution in [0.25, 0.3) is 0 Å². The summed E-state index contributed by atoms with van der Waals surface area (Å²) in [5.41, 5.74) is -0.852. The number of amides is 2. The van der Waals surface area contributed by atoms with Crippen LogP contribution in [0.4, 0.5) is 4.79 Å². The second-order valence-corrected chi connectivity index (χ2v) is 7.82. The Morgan fingerprint density at radius 1 is 1.28 bits per heavy atom. The number of aryl methyl sites for hydroxylation is 1. The van der Waals surface area contributed by atoms with Crippen molar-refractivity contribution in [3.05, 3.63) is 11.6 Å². The van der Waals surface area contributed by atoms with Crippen molar-refractivity contribution in [2.75, 3.05) is 6.54 Å². The lowest BCUT2D eigenvalue weighted by atomic mass is 9.78. The highest BCUT2D eigenvalue weighted by Gasteiger charge is 2.33. The summed E-state index contributed by atoms with van der Waals surface area (Å²) in [5.74, 6) is 2.09. The van der Waals surface area contributed by atoms with Crippen molar-refractivity contribution in [1.29, 1.82) is 0 Å². The molecule has 1 aromatic heterocycles. The molecule has 7 nitrogen and oxygen atoms in total. The van der Waals surface area contributed by atoms with E-state index in [1.54, 1.807) is 0 Å². The summed E-state index contributed by atoms with van der Waals surface area (Å²) >= 11 is 0. The topological polar surface area (TPSA) is 92.1 Å². The van der Waals surface area contributed by atoms with E-state index in [-0.39, 0.29) is 24.5 Å². The highest BCUT2D eigenvalue weighted by Crippen LogP contribution is 2.32. The normalized spacial score (nSPS) is 21.9. The van der Waals surface area contributed by atoms with Gasteiger partial charge >= 0.3 is 6.03 Å². The molecule has 3 N–H and O–H groups in total. The van der Waals surface area contributed by atoms with Gasteiger partial charge in [0.05, 0.1) is 11.6 Å². The van der Waals surface area contributed by atoms with Gasteiger partial charge in [-0.3, -0.25) is 0 Å². The summed E-state index contributed by atoms with van der Waals surface area (Å²) in [6, 6.07) is -0.476. The number of fused-ring (bicyclic) bond motifs is 1. The average molecular weight is 349 g/mol. The molecule has 1 aliphatic heterocycles. The first kappa shape index (κ1) is 18.2. The first-order valence-corrected chi connectivity index (χ1v) is 9.66. The first-order chi connectivity index (χ1) is 12.0. The van der Waals surface area contributed by atoms with Crippen LogP contribution in [-0.4, -0.2) is 38.0 Å². The summed E-state index contributed by atoms with van der Waals surface area (Å²) in [5, 5.41) is 24.9. The van der Waals surface area contributed by atoms with E-state index in [1.165, 1.54) is 19.3 Å². The number of urea groups is 1. The molecule has 0 aromatic carbocycles. The van der Waals surface area contributed by atoms with Crippen LogP contribution in [0.3, 0.4) is 0 Å². The van der Waals surface area contributed by atoms with E-state index in [0.717, 1.165) is 50.3 Å². The summed E-state index contributed by atoms with van der Waals surface area (Å²) in [6.45, 7) is 4.95.